The zero-order valence-electron chi connectivity index (χ0n) is 11.4. The van der Waals surface area contributed by atoms with Crippen molar-refractivity contribution in [1.82, 2.24) is 15.0 Å². The Hall–Kier alpha value is -2.21. The lowest BCUT2D eigenvalue weighted by Gasteiger charge is -2.09. The number of hydrogen-bond acceptors (Lipinski definition) is 5. The van der Waals surface area contributed by atoms with Crippen molar-refractivity contribution in [3.8, 4) is 5.88 Å². The van der Waals surface area contributed by atoms with Crippen LogP contribution in [0.15, 0.2) is 47.2 Å². The zero-order valence-corrected chi connectivity index (χ0v) is 13.0. The minimum Gasteiger partial charge on any atom is -0.480 e. The standard InChI is InChI=1S/C15H13BrN4O/c1-21-14-12(16)9-19-15(20-14)18-8-11-5-2-4-10-6-3-7-17-13(10)11/h2-7,9H,8H2,1H3,(H,18,19,20). The highest BCUT2D eigenvalue weighted by Crippen LogP contribution is 2.22. The predicted octanol–water partition coefficient (Wildman–Crippen LogP) is 3.41. The van der Waals surface area contributed by atoms with E-state index in [4.69, 9.17) is 4.74 Å². The second-order valence-corrected chi connectivity index (χ2v) is 5.25. The number of methoxy groups -OCH3 is 1. The first-order valence-corrected chi connectivity index (χ1v) is 7.20. The molecule has 3 rings (SSSR count). The summed E-state index contributed by atoms with van der Waals surface area (Å²) in [6, 6.07) is 10.1. The van der Waals surface area contributed by atoms with Crippen LogP contribution in [0.3, 0.4) is 0 Å². The molecule has 0 aliphatic carbocycles. The molecule has 0 atom stereocenters. The Balaban J connectivity index is 1.83. The maximum absolute atomic E-state index is 5.16. The number of para-hydroxylation sites is 1. The first-order chi connectivity index (χ1) is 10.3. The van der Waals surface area contributed by atoms with E-state index in [-0.39, 0.29) is 0 Å². The van der Waals surface area contributed by atoms with E-state index in [0.717, 1.165) is 20.9 Å². The molecule has 0 amide bonds. The van der Waals surface area contributed by atoms with Crippen LogP contribution in [0.5, 0.6) is 5.88 Å². The molecular weight excluding hydrogens is 332 g/mol. The molecule has 3 aromatic rings. The van der Waals surface area contributed by atoms with Crippen molar-refractivity contribution in [1.29, 1.82) is 0 Å². The van der Waals surface area contributed by atoms with Gasteiger partial charge in [0.1, 0.15) is 0 Å². The lowest BCUT2D eigenvalue weighted by molar-refractivity contribution is 0.394. The molecule has 0 aliphatic rings. The highest BCUT2D eigenvalue weighted by molar-refractivity contribution is 9.10. The molecule has 0 fully saturated rings. The van der Waals surface area contributed by atoms with Crippen LogP contribution in [0.1, 0.15) is 5.56 Å². The Labute approximate surface area is 130 Å². The number of fused-ring (bicyclic) bond motifs is 1. The van der Waals surface area contributed by atoms with Gasteiger partial charge in [0.2, 0.25) is 11.8 Å². The number of anilines is 1. The minimum absolute atomic E-state index is 0.503. The number of halogens is 1. The Morgan fingerprint density at radius 1 is 1.19 bits per heavy atom. The predicted molar refractivity (Wildman–Crippen MR) is 85.4 cm³/mol. The molecule has 6 heteroatoms. The third-order valence-corrected chi connectivity index (χ3v) is 3.60. The van der Waals surface area contributed by atoms with E-state index in [9.17, 15) is 0 Å². The number of aromatic nitrogens is 3. The van der Waals surface area contributed by atoms with Crippen LogP contribution in [-0.2, 0) is 6.54 Å². The first kappa shape index (κ1) is 13.8. The van der Waals surface area contributed by atoms with Crippen molar-refractivity contribution in [2.75, 3.05) is 12.4 Å². The number of benzene rings is 1. The van der Waals surface area contributed by atoms with Crippen molar-refractivity contribution < 1.29 is 4.74 Å². The molecule has 0 saturated carbocycles. The highest BCUT2D eigenvalue weighted by atomic mass is 79.9. The Morgan fingerprint density at radius 3 is 2.90 bits per heavy atom. The van der Waals surface area contributed by atoms with Crippen LogP contribution in [-0.4, -0.2) is 22.1 Å². The molecule has 0 saturated heterocycles. The fourth-order valence-corrected chi connectivity index (χ4v) is 2.42. The Kier molecular flexibility index (Phi) is 3.96. The summed E-state index contributed by atoms with van der Waals surface area (Å²) < 4.78 is 5.88. The lowest BCUT2D eigenvalue weighted by Crippen LogP contribution is -2.05. The fourth-order valence-electron chi connectivity index (χ4n) is 2.06. The molecule has 21 heavy (non-hydrogen) atoms. The van der Waals surface area contributed by atoms with Crippen molar-refractivity contribution in [3.05, 3.63) is 52.8 Å². The number of pyridine rings is 1. The highest BCUT2D eigenvalue weighted by Gasteiger charge is 2.06. The topological polar surface area (TPSA) is 59.9 Å². The van der Waals surface area contributed by atoms with Gasteiger partial charge in [-0.2, -0.15) is 4.98 Å². The van der Waals surface area contributed by atoms with Crippen LogP contribution in [0.4, 0.5) is 5.95 Å². The normalized spacial score (nSPS) is 10.6. The van der Waals surface area contributed by atoms with E-state index in [1.165, 1.54) is 0 Å². The fraction of sp³-hybridized carbons (Fsp3) is 0.133. The monoisotopic (exact) mass is 344 g/mol. The van der Waals surface area contributed by atoms with Crippen molar-refractivity contribution in [3.63, 3.8) is 0 Å². The van der Waals surface area contributed by atoms with Gasteiger partial charge in [-0.05, 0) is 27.6 Å². The van der Waals surface area contributed by atoms with Crippen LogP contribution >= 0.6 is 15.9 Å². The molecule has 5 nitrogen and oxygen atoms in total. The zero-order chi connectivity index (χ0) is 14.7. The molecule has 106 valence electrons. The second-order valence-electron chi connectivity index (χ2n) is 4.40. The minimum atomic E-state index is 0.503. The van der Waals surface area contributed by atoms with Gasteiger partial charge in [-0.3, -0.25) is 4.98 Å². The average Bonchev–Trinajstić information content (AvgIpc) is 2.54. The van der Waals surface area contributed by atoms with E-state index >= 15 is 0 Å². The molecule has 1 N–H and O–H groups in total. The maximum Gasteiger partial charge on any atom is 0.232 e. The summed E-state index contributed by atoms with van der Waals surface area (Å²) >= 11 is 3.33. The average molecular weight is 345 g/mol. The third-order valence-electron chi connectivity index (χ3n) is 3.06. The van der Waals surface area contributed by atoms with Gasteiger partial charge in [0, 0.05) is 18.1 Å². The summed E-state index contributed by atoms with van der Waals surface area (Å²) in [4.78, 5) is 12.9. The lowest BCUT2D eigenvalue weighted by atomic mass is 10.1. The molecular formula is C15H13BrN4O. The van der Waals surface area contributed by atoms with E-state index in [1.54, 1.807) is 19.5 Å². The van der Waals surface area contributed by atoms with Gasteiger partial charge >= 0.3 is 0 Å². The van der Waals surface area contributed by atoms with Crippen molar-refractivity contribution in [2.24, 2.45) is 0 Å². The largest absolute Gasteiger partial charge is 0.480 e. The van der Waals surface area contributed by atoms with Crippen LogP contribution in [0.2, 0.25) is 0 Å². The van der Waals surface area contributed by atoms with Crippen LogP contribution in [0, 0.1) is 0 Å². The number of rotatable bonds is 4. The molecule has 0 aliphatic heterocycles. The molecule has 2 heterocycles. The van der Waals surface area contributed by atoms with Gasteiger partial charge in [0.15, 0.2) is 0 Å². The summed E-state index contributed by atoms with van der Waals surface area (Å²) in [5, 5.41) is 4.31. The molecule has 0 bridgehead atoms. The molecule has 0 radical (unpaired) electrons. The van der Waals surface area contributed by atoms with E-state index in [1.807, 2.05) is 30.3 Å². The second kappa shape index (κ2) is 6.05. The summed E-state index contributed by atoms with van der Waals surface area (Å²) in [6.45, 7) is 0.596. The molecule has 1 aromatic carbocycles. The van der Waals surface area contributed by atoms with E-state index in [2.05, 4.69) is 36.2 Å². The number of nitrogens with zero attached hydrogens (tertiary/aromatic N) is 3. The van der Waals surface area contributed by atoms with Gasteiger partial charge in [0.25, 0.3) is 0 Å². The van der Waals surface area contributed by atoms with E-state index in [0.29, 0.717) is 18.4 Å². The Bertz CT molecular complexity index is 773. The van der Waals surface area contributed by atoms with E-state index < -0.39 is 0 Å². The SMILES string of the molecule is COc1nc(NCc2cccc3cccnc23)ncc1Br. The maximum atomic E-state index is 5.16. The first-order valence-electron chi connectivity index (χ1n) is 6.41. The van der Waals surface area contributed by atoms with Gasteiger partial charge in [0.05, 0.1) is 23.3 Å². The van der Waals surface area contributed by atoms with Crippen molar-refractivity contribution in [2.45, 2.75) is 6.54 Å². The summed E-state index contributed by atoms with van der Waals surface area (Å²) in [5.41, 5.74) is 2.08. The molecule has 0 spiro atoms. The number of nitrogens with one attached hydrogen (secondary N) is 1. The number of ether oxygens (including phenoxy) is 1. The molecule has 0 unspecified atom stereocenters. The van der Waals surface area contributed by atoms with Gasteiger partial charge < -0.3 is 10.1 Å². The quantitative estimate of drug-likeness (QED) is 0.785. The molecule has 2 aromatic heterocycles. The van der Waals surface area contributed by atoms with Gasteiger partial charge in [-0.25, -0.2) is 4.98 Å². The smallest absolute Gasteiger partial charge is 0.232 e. The summed E-state index contributed by atoms with van der Waals surface area (Å²) in [6.07, 6.45) is 3.46. The van der Waals surface area contributed by atoms with Crippen molar-refractivity contribution >= 4 is 32.8 Å². The van der Waals surface area contributed by atoms with Gasteiger partial charge in [-0.15, -0.1) is 0 Å². The van der Waals surface area contributed by atoms with Crippen LogP contribution < -0.4 is 10.1 Å². The summed E-state index contributed by atoms with van der Waals surface area (Å²) in [5.74, 6) is 1.02. The van der Waals surface area contributed by atoms with Crippen LogP contribution in [0.25, 0.3) is 10.9 Å². The summed E-state index contributed by atoms with van der Waals surface area (Å²) in [7, 11) is 1.57. The van der Waals surface area contributed by atoms with Gasteiger partial charge in [-0.1, -0.05) is 24.3 Å². The number of hydrogen-bond donors (Lipinski definition) is 1. The Morgan fingerprint density at radius 2 is 2.05 bits per heavy atom. The third kappa shape index (κ3) is 2.95.